The van der Waals surface area contributed by atoms with Crippen molar-refractivity contribution in [2.24, 2.45) is 0 Å². The van der Waals surface area contributed by atoms with Gasteiger partial charge in [-0.3, -0.25) is 0 Å². The molecule has 0 atom stereocenters. The average Bonchev–Trinajstić information content (AvgIpc) is 2.39. The average molecular weight is 152 g/mol. The van der Waals surface area contributed by atoms with Gasteiger partial charge < -0.3 is 4.74 Å². The molecule has 1 heterocycles. The molecule has 0 saturated carbocycles. The van der Waals surface area contributed by atoms with Crippen molar-refractivity contribution in [3.8, 4) is 0 Å². The number of ether oxygens (including phenoxy) is 1. The van der Waals surface area contributed by atoms with Crippen LogP contribution in [0, 0.1) is 0 Å². The zero-order valence-corrected chi connectivity index (χ0v) is 6.75. The Bertz CT molecular complexity index is 136. The molecule has 0 aromatic heterocycles. The van der Waals surface area contributed by atoms with E-state index in [9.17, 15) is 0 Å². The van der Waals surface area contributed by atoms with Gasteiger partial charge in [-0.25, -0.2) is 5.32 Å². The van der Waals surface area contributed by atoms with E-state index in [-0.39, 0.29) is 5.72 Å². The van der Waals surface area contributed by atoms with E-state index in [0.29, 0.717) is 0 Å². The van der Waals surface area contributed by atoms with Gasteiger partial charge in [0.1, 0.15) is 5.72 Å². The lowest BCUT2D eigenvalue weighted by Gasteiger charge is -2.23. The van der Waals surface area contributed by atoms with Gasteiger partial charge in [0, 0.05) is 19.4 Å². The quantitative estimate of drug-likeness (QED) is 0.559. The summed E-state index contributed by atoms with van der Waals surface area (Å²) in [6, 6.07) is 0. The summed E-state index contributed by atoms with van der Waals surface area (Å²) in [5.41, 5.74) is -0.316. The second kappa shape index (κ2) is 3.69. The molecule has 0 unspecified atom stereocenters. The van der Waals surface area contributed by atoms with Gasteiger partial charge in [-0.05, 0) is 0 Å². The molecule has 11 heavy (non-hydrogen) atoms. The third kappa shape index (κ3) is 1.91. The Morgan fingerprint density at radius 2 is 2.00 bits per heavy atom. The van der Waals surface area contributed by atoms with Gasteiger partial charge in [-0.15, -0.1) is 13.2 Å². The third-order valence-electron chi connectivity index (χ3n) is 1.79. The normalized spacial score (nSPS) is 21.5. The molecule has 1 saturated heterocycles. The summed E-state index contributed by atoms with van der Waals surface area (Å²) in [4.78, 5) is 0. The standard InChI is InChI=1S/C9H14NO/c1-3-5-9(6-4-2)10-7-8-11-9/h3-4H,1-2,5-8H2. The zero-order valence-electron chi connectivity index (χ0n) is 6.75. The van der Waals surface area contributed by atoms with Gasteiger partial charge in [0.15, 0.2) is 0 Å². The molecule has 0 amide bonds. The molecule has 61 valence electrons. The molecule has 0 aromatic rings. The summed E-state index contributed by atoms with van der Waals surface area (Å²) >= 11 is 0. The first-order valence-corrected chi connectivity index (χ1v) is 3.87. The molecular formula is C9H14NO. The molecule has 0 aromatic carbocycles. The van der Waals surface area contributed by atoms with Crippen LogP contribution in [0.15, 0.2) is 25.3 Å². The molecule has 0 spiro atoms. The summed E-state index contributed by atoms with van der Waals surface area (Å²) in [5, 5.41) is 4.38. The molecule has 2 heteroatoms. The van der Waals surface area contributed by atoms with E-state index < -0.39 is 0 Å². The van der Waals surface area contributed by atoms with E-state index in [4.69, 9.17) is 4.74 Å². The van der Waals surface area contributed by atoms with Crippen LogP contribution < -0.4 is 5.32 Å². The maximum atomic E-state index is 5.51. The molecule has 1 rings (SSSR count). The first kappa shape index (κ1) is 8.50. The lowest BCUT2D eigenvalue weighted by Crippen LogP contribution is -2.34. The lowest BCUT2D eigenvalue weighted by molar-refractivity contribution is -0.00674. The third-order valence-corrected chi connectivity index (χ3v) is 1.79. The molecule has 0 aliphatic carbocycles. The Morgan fingerprint density at radius 3 is 2.36 bits per heavy atom. The maximum Gasteiger partial charge on any atom is 0.141 e. The minimum absolute atomic E-state index is 0.316. The van der Waals surface area contributed by atoms with Crippen molar-refractivity contribution >= 4 is 0 Å². The monoisotopic (exact) mass is 152 g/mol. The minimum atomic E-state index is -0.316. The molecule has 0 bridgehead atoms. The van der Waals surface area contributed by atoms with Gasteiger partial charge in [0.2, 0.25) is 0 Å². The highest BCUT2D eigenvalue weighted by Crippen LogP contribution is 2.23. The van der Waals surface area contributed by atoms with Crippen molar-refractivity contribution in [1.82, 2.24) is 5.32 Å². The molecule has 1 aliphatic heterocycles. The summed E-state index contributed by atoms with van der Waals surface area (Å²) < 4.78 is 5.51. The van der Waals surface area contributed by atoms with Crippen LogP contribution in [0.1, 0.15) is 12.8 Å². The second-order valence-corrected chi connectivity index (χ2v) is 2.66. The highest BCUT2D eigenvalue weighted by Gasteiger charge is 2.33. The van der Waals surface area contributed by atoms with E-state index >= 15 is 0 Å². The lowest BCUT2D eigenvalue weighted by atomic mass is 10.1. The molecule has 1 radical (unpaired) electrons. The highest BCUT2D eigenvalue weighted by molar-refractivity contribution is 4.93. The van der Waals surface area contributed by atoms with Gasteiger partial charge in [-0.2, -0.15) is 0 Å². The SMILES string of the molecule is C=CCC1(CC=C)[N]CCO1. The summed E-state index contributed by atoms with van der Waals surface area (Å²) in [5.74, 6) is 0. The Morgan fingerprint density at radius 1 is 1.36 bits per heavy atom. The summed E-state index contributed by atoms with van der Waals surface area (Å²) in [6.45, 7) is 8.90. The van der Waals surface area contributed by atoms with Crippen LogP contribution in [0.3, 0.4) is 0 Å². The number of hydrogen-bond donors (Lipinski definition) is 0. The Kier molecular flexibility index (Phi) is 2.85. The Balaban J connectivity index is 2.53. The molecule has 0 N–H and O–H groups in total. The second-order valence-electron chi connectivity index (χ2n) is 2.66. The van der Waals surface area contributed by atoms with Gasteiger partial charge >= 0.3 is 0 Å². The van der Waals surface area contributed by atoms with Crippen molar-refractivity contribution in [3.05, 3.63) is 25.3 Å². The van der Waals surface area contributed by atoms with Crippen LogP contribution in [0.4, 0.5) is 0 Å². The highest BCUT2D eigenvalue weighted by atomic mass is 16.5. The first-order valence-electron chi connectivity index (χ1n) is 3.87. The van der Waals surface area contributed by atoms with E-state index in [1.807, 2.05) is 12.2 Å². The molecule has 2 nitrogen and oxygen atoms in total. The topological polar surface area (TPSA) is 23.3 Å². The van der Waals surface area contributed by atoms with Crippen molar-refractivity contribution in [2.45, 2.75) is 18.6 Å². The van der Waals surface area contributed by atoms with Crippen molar-refractivity contribution in [3.63, 3.8) is 0 Å². The largest absolute Gasteiger partial charge is 0.357 e. The fourth-order valence-corrected chi connectivity index (χ4v) is 1.31. The zero-order chi connectivity index (χ0) is 8.16. The van der Waals surface area contributed by atoms with Crippen LogP contribution in [-0.4, -0.2) is 18.9 Å². The maximum absolute atomic E-state index is 5.51. The Hall–Kier alpha value is -0.600. The van der Waals surface area contributed by atoms with Crippen molar-refractivity contribution < 1.29 is 4.74 Å². The van der Waals surface area contributed by atoms with Crippen LogP contribution in [0.2, 0.25) is 0 Å². The van der Waals surface area contributed by atoms with E-state index in [1.54, 1.807) is 0 Å². The summed E-state index contributed by atoms with van der Waals surface area (Å²) in [7, 11) is 0. The minimum Gasteiger partial charge on any atom is -0.357 e. The predicted molar refractivity (Wildman–Crippen MR) is 45.3 cm³/mol. The van der Waals surface area contributed by atoms with E-state index in [0.717, 1.165) is 26.0 Å². The van der Waals surface area contributed by atoms with Crippen LogP contribution in [0.5, 0.6) is 0 Å². The van der Waals surface area contributed by atoms with Gasteiger partial charge in [0.05, 0.1) is 6.61 Å². The smallest absolute Gasteiger partial charge is 0.141 e. The van der Waals surface area contributed by atoms with E-state index in [1.165, 1.54) is 0 Å². The number of nitrogens with zero attached hydrogens (tertiary/aromatic N) is 1. The number of hydrogen-bond acceptors (Lipinski definition) is 1. The molecule has 1 aliphatic rings. The first-order chi connectivity index (χ1) is 5.33. The predicted octanol–water partition coefficient (Wildman–Crippen LogP) is 1.47. The van der Waals surface area contributed by atoms with Crippen LogP contribution in [-0.2, 0) is 4.74 Å². The van der Waals surface area contributed by atoms with Gasteiger partial charge in [-0.1, -0.05) is 12.2 Å². The fraction of sp³-hybridized carbons (Fsp3) is 0.556. The van der Waals surface area contributed by atoms with Crippen LogP contribution in [0.25, 0.3) is 0 Å². The van der Waals surface area contributed by atoms with Crippen LogP contribution >= 0.6 is 0 Å². The van der Waals surface area contributed by atoms with E-state index in [2.05, 4.69) is 18.5 Å². The van der Waals surface area contributed by atoms with Crippen molar-refractivity contribution in [1.29, 1.82) is 0 Å². The molecular weight excluding hydrogens is 138 g/mol. The summed E-state index contributed by atoms with van der Waals surface area (Å²) in [6.07, 6.45) is 5.27. The van der Waals surface area contributed by atoms with Gasteiger partial charge in [0.25, 0.3) is 0 Å². The molecule has 1 fully saturated rings. The fourth-order valence-electron chi connectivity index (χ4n) is 1.31. The Labute approximate surface area is 67.9 Å². The van der Waals surface area contributed by atoms with Crippen molar-refractivity contribution in [2.75, 3.05) is 13.2 Å². The number of rotatable bonds is 4.